The van der Waals surface area contributed by atoms with Crippen molar-refractivity contribution in [3.63, 3.8) is 0 Å². The van der Waals surface area contributed by atoms with Crippen LogP contribution in [0.3, 0.4) is 0 Å². The maximum absolute atomic E-state index is 5.70. The molecule has 0 atom stereocenters. The second-order valence-electron chi connectivity index (χ2n) is 4.31. The smallest absolute Gasteiger partial charge is 0.257 e. The normalized spacial score (nSPS) is 10.5. The van der Waals surface area contributed by atoms with Crippen molar-refractivity contribution in [1.82, 2.24) is 29.7 Å². The number of aromatic nitrogens is 6. The molecule has 3 rings (SSSR count). The average molecular weight is 282 g/mol. The molecule has 3 N–H and O–H groups in total. The van der Waals surface area contributed by atoms with Gasteiger partial charge in [0, 0.05) is 31.3 Å². The van der Waals surface area contributed by atoms with Crippen LogP contribution in [0.15, 0.2) is 43.0 Å². The Kier molecular flexibility index (Phi) is 3.68. The van der Waals surface area contributed by atoms with Gasteiger partial charge in [-0.15, -0.1) is 0 Å². The van der Waals surface area contributed by atoms with Crippen molar-refractivity contribution in [2.45, 2.75) is 6.42 Å². The Balaban J connectivity index is 1.68. The van der Waals surface area contributed by atoms with E-state index in [0.717, 1.165) is 12.0 Å². The van der Waals surface area contributed by atoms with Crippen LogP contribution in [0.5, 0.6) is 0 Å². The standard InChI is InChI=1S/C13H14N8/c14-11-18-12(16-7-4-10-3-1-5-15-9-10)20-13(19-11)21-8-2-6-17-21/h1-3,5-6,8-9H,4,7H2,(H3,14,16,18,19,20). The van der Waals surface area contributed by atoms with Crippen LogP contribution < -0.4 is 11.1 Å². The molecule has 8 heteroatoms. The van der Waals surface area contributed by atoms with E-state index in [1.165, 1.54) is 4.68 Å². The molecule has 3 heterocycles. The van der Waals surface area contributed by atoms with Gasteiger partial charge in [-0.3, -0.25) is 4.98 Å². The molecule has 0 saturated carbocycles. The van der Waals surface area contributed by atoms with Crippen molar-refractivity contribution in [2.75, 3.05) is 17.6 Å². The van der Waals surface area contributed by atoms with E-state index in [9.17, 15) is 0 Å². The third kappa shape index (κ3) is 3.30. The predicted molar refractivity (Wildman–Crippen MR) is 77.8 cm³/mol. The molecule has 3 aromatic rings. The first-order chi connectivity index (χ1) is 10.3. The lowest BCUT2D eigenvalue weighted by molar-refractivity contribution is 0.798. The van der Waals surface area contributed by atoms with E-state index in [-0.39, 0.29) is 5.95 Å². The monoisotopic (exact) mass is 282 g/mol. The van der Waals surface area contributed by atoms with Crippen LogP contribution in [0.2, 0.25) is 0 Å². The minimum Gasteiger partial charge on any atom is -0.368 e. The van der Waals surface area contributed by atoms with Crippen molar-refractivity contribution in [2.24, 2.45) is 0 Å². The van der Waals surface area contributed by atoms with E-state index >= 15 is 0 Å². The maximum atomic E-state index is 5.70. The minimum absolute atomic E-state index is 0.152. The molecule has 0 radical (unpaired) electrons. The van der Waals surface area contributed by atoms with Gasteiger partial charge in [0.15, 0.2) is 0 Å². The van der Waals surface area contributed by atoms with Crippen LogP contribution in [0, 0.1) is 0 Å². The summed E-state index contributed by atoms with van der Waals surface area (Å²) in [6.07, 6.45) is 7.79. The first-order valence-corrected chi connectivity index (χ1v) is 6.45. The van der Waals surface area contributed by atoms with Crippen molar-refractivity contribution in [1.29, 1.82) is 0 Å². The number of rotatable bonds is 5. The SMILES string of the molecule is Nc1nc(NCCc2cccnc2)nc(-n2cccn2)n1. The third-order valence-electron chi connectivity index (χ3n) is 2.77. The largest absolute Gasteiger partial charge is 0.368 e. The van der Waals surface area contributed by atoms with Gasteiger partial charge < -0.3 is 11.1 Å². The van der Waals surface area contributed by atoms with Crippen LogP contribution in [0.4, 0.5) is 11.9 Å². The van der Waals surface area contributed by atoms with Crippen molar-refractivity contribution >= 4 is 11.9 Å². The highest BCUT2D eigenvalue weighted by atomic mass is 15.4. The summed E-state index contributed by atoms with van der Waals surface area (Å²) >= 11 is 0. The lowest BCUT2D eigenvalue weighted by atomic mass is 10.2. The van der Waals surface area contributed by atoms with E-state index in [4.69, 9.17) is 5.73 Å². The molecule has 0 amide bonds. The molecule has 0 unspecified atom stereocenters. The van der Waals surface area contributed by atoms with Crippen molar-refractivity contribution in [3.8, 4) is 5.95 Å². The molecule has 8 nitrogen and oxygen atoms in total. The Morgan fingerprint density at radius 2 is 2.10 bits per heavy atom. The summed E-state index contributed by atoms with van der Waals surface area (Å²) in [4.78, 5) is 16.5. The molecule has 0 aliphatic carbocycles. The van der Waals surface area contributed by atoms with Gasteiger partial charge in [0.1, 0.15) is 0 Å². The number of hydrogen-bond donors (Lipinski definition) is 2. The summed E-state index contributed by atoms with van der Waals surface area (Å²) in [5.74, 6) is 0.965. The fourth-order valence-electron chi connectivity index (χ4n) is 1.81. The maximum Gasteiger partial charge on any atom is 0.257 e. The van der Waals surface area contributed by atoms with E-state index < -0.39 is 0 Å². The van der Waals surface area contributed by atoms with E-state index in [1.54, 1.807) is 24.7 Å². The summed E-state index contributed by atoms with van der Waals surface area (Å²) < 4.78 is 1.53. The summed E-state index contributed by atoms with van der Waals surface area (Å²) in [6.45, 7) is 0.674. The molecule has 0 aliphatic heterocycles. The molecule has 3 aromatic heterocycles. The summed E-state index contributed by atoms with van der Waals surface area (Å²) in [5, 5.41) is 7.19. The van der Waals surface area contributed by atoms with Crippen molar-refractivity contribution < 1.29 is 0 Å². The highest BCUT2D eigenvalue weighted by molar-refractivity contribution is 5.34. The number of pyridine rings is 1. The van der Waals surface area contributed by atoms with Crippen LogP contribution in [-0.2, 0) is 6.42 Å². The first-order valence-electron chi connectivity index (χ1n) is 6.45. The first kappa shape index (κ1) is 13.0. The summed E-state index contributed by atoms with van der Waals surface area (Å²) in [6, 6.07) is 5.72. The molecule has 0 spiro atoms. The number of anilines is 2. The number of nitrogens with two attached hydrogens (primary N) is 1. The molecule has 106 valence electrons. The Hall–Kier alpha value is -3.03. The third-order valence-corrected chi connectivity index (χ3v) is 2.77. The molecular formula is C13H14N8. The van der Waals surface area contributed by atoms with Crippen LogP contribution in [-0.4, -0.2) is 36.3 Å². The van der Waals surface area contributed by atoms with Gasteiger partial charge >= 0.3 is 0 Å². The Morgan fingerprint density at radius 1 is 1.14 bits per heavy atom. The predicted octanol–water partition coefficient (Wildman–Crippen LogP) is 0.689. The summed E-state index contributed by atoms with van der Waals surface area (Å²) in [7, 11) is 0. The van der Waals surface area contributed by atoms with Gasteiger partial charge in [-0.2, -0.15) is 20.1 Å². The second kappa shape index (κ2) is 5.95. The van der Waals surface area contributed by atoms with Gasteiger partial charge in [0.05, 0.1) is 0 Å². The lowest BCUT2D eigenvalue weighted by Gasteiger charge is -2.07. The number of nitrogens with zero attached hydrogens (tertiary/aromatic N) is 6. The topological polar surface area (TPSA) is 107 Å². The fraction of sp³-hybridized carbons (Fsp3) is 0.154. The molecule has 0 saturated heterocycles. The molecule has 0 aromatic carbocycles. The molecule has 21 heavy (non-hydrogen) atoms. The fourth-order valence-corrected chi connectivity index (χ4v) is 1.81. The van der Waals surface area contributed by atoms with Gasteiger partial charge in [-0.25, -0.2) is 4.68 Å². The Morgan fingerprint density at radius 3 is 2.86 bits per heavy atom. The zero-order chi connectivity index (χ0) is 14.5. The average Bonchev–Trinajstić information content (AvgIpc) is 3.02. The zero-order valence-electron chi connectivity index (χ0n) is 11.2. The van der Waals surface area contributed by atoms with E-state index in [2.05, 4.69) is 30.4 Å². The van der Waals surface area contributed by atoms with Crippen LogP contribution in [0.1, 0.15) is 5.56 Å². The minimum atomic E-state index is 0.152. The molecular weight excluding hydrogens is 268 g/mol. The van der Waals surface area contributed by atoms with Gasteiger partial charge in [-0.1, -0.05) is 6.07 Å². The quantitative estimate of drug-likeness (QED) is 0.708. The molecule has 0 bridgehead atoms. The second-order valence-corrected chi connectivity index (χ2v) is 4.31. The summed E-state index contributed by atoms with van der Waals surface area (Å²) in [5.41, 5.74) is 6.83. The van der Waals surface area contributed by atoms with E-state index in [0.29, 0.717) is 18.4 Å². The number of nitrogen functional groups attached to an aromatic ring is 1. The highest BCUT2D eigenvalue weighted by Gasteiger charge is 2.06. The van der Waals surface area contributed by atoms with E-state index in [1.807, 2.05) is 18.3 Å². The van der Waals surface area contributed by atoms with Gasteiger partial charge in [0.2, 0.25) is 11.9 Å². The Labute approximate surface area is 121 Å². The zero-order valence-corrected chi connectivity index (χ0v) is 11.2. The highest BCUT2D eigenvalue weighted by Crippen LogP contribution is 2.06. The number of nitrogens with one attached hydrogen (secondary N) is 1. The molecule has 0 aliphatic rings. The Bertz CT molecular complexity index is 695. The lowest BCUT2D eigenvalue weighted by Crippen LogP contribution is -2.13. The number of hydrogen-bond acceptors (Lipinski definition) is 7. The van der Waals surface area contributed by atoms with Crippen molar-refractivity contribution in [3.05, 3.63) is 48.5 Å². The van der Waals surface area contributed by atoms with Crippen LogP contribution >= 0.6 is 0 Å². The van der Waals surface area contributed by atoms with Gasteiger partial charge in [-0.05, 0) is 24.1 Å². The van der Waals surface area contributed by atoms with Crippen LogP contribution in [0.25, 0.3) is 5.95 Å². The molecule has 0 fully saturated rings. The van der Waals surface area contributed by atoms with Gasteiger partial charge in [0.25, 0.3) is 5.95 Å².